The minimum absolute atomic E-state index is 0.0659. The first kappa shape index (κ1) is 39.2. The van der Waals surface area contributed by atoms with Crippen molar-refractivity contribution in [2.75, 3.05) is 26.9 Å². The van der Waals surface area contributed by atoms with Crippen LogP contribution in [0.1, 0.15) is 84.3 Å². The van der Waals surface area contributed by atoms with E-state index in [0.29, 0.717) is 37.8 Å². The number of hydrogen-bond acceptors (Lipinski definition) is 8. The van der Waals surface area contributed by atoms with E-state index in [0.717, 1.165) is 12.8 Å². The second-order valence-corrected chi connectivity index (χ2v) is 14.4. The number of allylic oxidation sites excluding steroid dienone is 1. The first-order chi connectivity index (χ1) is 24.0. The fraction of sp³-hybridized carbons (Fsp3) is 0.641. The molecule has 1 spiro atoms. The zero-order valence-corrected chi connectivity index (χ0v) is 30.4. The molecule has 3 heterocycles. The summed E-state index contributed by atoms with van der Waals surface area (Å²) in [6.45, 7) is 15.7. The Labute approximate surface area is 297 Å². The van der Waals surface area contributed by atoms with Crippen LogP contribution in [0.4, 0.5) is 0 Å². The van der Waals surface area contributed by atoms with Gasteiger partial charge in [-0.3, -0.25) is 19.2 Å². The summed E-state index contributed by atoms with van der Waals surface area (Å²) in [5, 5.41) is 13.6. The number of fused-ring (bicyclic) bond motifs is 1. The number of aliphatic hydroxyl groups is 1. The summed E-state index contributed by atoms with van der Waals surface area (Å²) in [5.74, 6) is -3.35. The molecule has 3 saturated heterocycles. The number of amides is 3. The fourth-order valence-electron chi connectivity index (χ4n) is 8.33. The number of nitrogens with one attached hydrogen (secondary N) is 1. The number of ether oxygens (including phenoxy) is 3. The quantitative estimate of drug-likeness (QED) is 0.152. The van der Waals surface area contributed by atoms with Crippen LogP contribution in [0, 0.1) is 17.8 Å². The van der Waals surface area contributed by atoms with E-state index in [4.69, 9.17) is 14.2 Å². The second kappa shape index (κ2) is 17.6. The van der Waals surface area contributed by atoms with E-state index < -0.39 is 53.7 Å². The Morgan fingerprint density at radius 1 is 1.18 bits per heavy atom. The number of nitrogens with zero attached hydrogens (tertiary/aromatic N) is 2. The Kier molecular flexibility index (Phi) is 13.8. The van der Waals surface area contributed by atoms with E-state index in [-0.39, 0.29) is 49.3 Å². The minimum Gasteiger partial charge on any atom is -0.455 e. The molecule has 0 radical (unpaired) electrons. The molecule has 276 valence electrons. The van der Waals surface area contributed by atoms with Crippen molar-refractivity contribution >= 4 is 23.7 Å². The van der Waals surface area contributed by atoms with Gasteiger partial charge in [0.1, 0.15) is 17.7 Å². The zero-order chi connectivity index (χ0) is 36.6. The summed E-state index contributed by atoms with van der Waals surface area (Å²) in [5.41, 5.74) is -0.605. The molecule has 2 N–H and O–H groups in total. The van der Waals surface area contributed by atoms with Gasteiger partial charge >= 0.3 is 5.97 Å². The topological polar surface area (TPSA) is 135 Å². The molecular weight excluding hydrogens is 638 g/mol. The van der Waals surface area contributed by atoms with Gasteiger partial charge in [-0.25, -0.2) is 0 Å². The maximum absolute atomic E-state index is 14.8. The molecule has 11 heteroatoms. The van der Waals surface area contributed by atoms with Crippen LogP contribution in [0.25, 0.3) is 0 Å². The number of aliphatic hydroxyl groups excluding tert-OH is 1. The molecule has 11 nitrogen and oxygen atoms in total. The number of likely N-dealkylation sites (tertiary alicyclic amines) is 1. The van der Waals surface area contributed by atoms with Gasteiger partial charge in [-0.05, 0) is 50.5 Å². The third-order valence-corrected chi connectivity index (χ3v) is 10.4. The van der Waals surface area contributed by atoms with E-state index in [1.807, 2.05) is 51.1 Å². The average molecular weight is 696 g/mol. The molecule has 4 rings (SSSR count). The molecule has 3 amide bonds. The Bertz CT molecular complexity index is 1350. The number of hydrogen-bond donors (Lipinski definition) is 2. The molecule has 1 unspecified atom stereocenters. The molecule has 3 aliphatic rings. The largest absolute Gasteiger partial charge is 0.455 e. The number of esters is 1. The molecule has 3 fully saturated rings. The predicted molar refractivity (Wildman–Crippen MR) is 190 cm³/mol. The molecule has 3 aliphatic heterocycles. The first-order valence-electron chi connectivity index (χ1n) is 18.2. The number of benzene rings is 1. The first-order valence-corrected chi connectivity index (χ1v) is 18.2. The van der Waals surface area contributed by atoms with E-state index in [9.17, 15) is 24.3 Å². The minimum atomic E-state index is -1.26. The summed E-state index contributed by atoms with van der Waals surface area (Å²) >= 11 is 0. The Morgan fingerprint density at radius 2 is 1.90 bits per heavy atom. The van der Waals surface area contributed by atoms with Gasteiger partial charge in [0.2, 0.25) is 17.7 Å². The van der Waals surface area contributed by atoms with Crippen LogP contribution in [0.3, 0.4) is 0 Å². The van der Waals surface area contributed by atoms with E-state index in [1.165, 1.54) is 12.0 Å². The summed E-state index contributed by atoms with van der Waals surface area (Å²) in [6, 6.07) is 6.61. The Morgan fingerprint density at radius 3 is 2.50 bits per heavy atom. The van der Waals surface area contributed by atoms with Crippen LogP contribution in [-0.2, 0) is 33.4 Å². The molecule has 0 aliphatic carbocycles. The maximum Gasteiger partial charge on any atom is 0.313 e. The number of methoxy groups -OCH3 is 1. The molecule has 9 atom stereocenters. The molecule has 2 bridgehead atoms. The molecule has 50 heavy (non-hydrogen) atoms. The number of carbonyl (C=O) groups excluding carboxylic acids is 4. The van der Waals surface area contributed by atoms with Gasteiger partial charge in [-0.2, -0.15) is 0 Å². The van der Waals surface area contributed by atoms with Crippen molar-refractivity contribution in [3.8, 4) is 0 Å². The summed E-state index contributed by atoms with van der Waals surface area (Å²) in [6.07, 6.45) is 5.46. The lowest BCUT2D eigenvalue weighted by Gasteiger charge is -2.41. The van der Waals surface area contributed by atoms with E-state index in [2.05, 4.69) is 25.4 Å². The number of rotatable bonds is 20. The highest BCUT2D eigenvalue weighted by Crippen LogP contribution is 2.59. The van der Waals surface area contributed by atoms with Gasteiger partial charge in [0.25, 0.3) is 0 Å². The predicted octanol–water partition coefficient (Wildman–Crippen LogP) is 4.35. The summed E-state index contributed by atoms with van der Waals surface area (Å²) in [4.78, 5) is 60.2. The van der Waals surface area contributed by atoms with E-state index >= 15 is 0 Å². The Balaban J connectivity index is 1.74. The van der Waals surface area contributed by atoms with Gasteiger partial charge in [0.15, 0.2) is 0 Å². The summed E-state index contributed by atoms with van der Waals surface area (Å²) in [7, 11) is 1.51. The van der Waals surface area contributed by atoms with E-state index in [1.54, 1.807) is 17.1 Å². The van der Waals surface area contributed by atoms with Crippen LogP contribution in [-0.4, -0.2) is 101 Å². The second-order valence-electron chi connectivity index (χ2n) is 14.4. The SMILES string of the molecule is C=CCCC(=O)N[C@H](COC)[C@H](OC(=O)[C@@H]1[C@@H]2CC[C@]3(O2)[C@H](C(=O)N(CC=C)C(C)CCC)N([C@@H](CO)CC(C)C)C(=O)[C@@H]13)c1ccccc1. The van der Waals surface area contributed by atoms with Crippen LogP contribution in [0.2, 0.25) is 0 Å². The molecule has 1 aromatic carbocycles. The lowest BCUT2D eigenvalue weighted by Crippen LogP contribution is -2.60. The van der Waals surface area contributed by atoms with Gasteiger partial charge in [-0.15, -0.1) is 13.2 Å². The smallest absolute Gasteiger partial charge is 0.313 e. The van der Waals surface area contributed by atoms with Crippen molar-refractivity contribution in [2.24, 2.45) is 17.8 Å². The van der Waals surface area contributed by atoms with Crippen molar-refractivity contribution in [3.05, 3.63) is 61.2 Å². The van der Waals surface area contributed by atoms with Crippen molar-refractivity contribution in [1.29, 1.82) is 0 Å². The highest BCUT2D eigenvalue weighted by Gasteiger charge is 2.75. The normalized spacial score (nSPS) is 26.2. The van der Waals surface area contributed by atoms with Crippen LogP contribution < -0.4 is 5.32 Å². The monoisotopic (exact) mass is 695 g/mol. The highest BCUT2D eigenvalue weighted by molar-refractivity contribution is 5.98. The lowest BCUT2D eigenvalue weighted by atomic mass is 9.70. The van der Waals surface area contributed by atoms with Crippen LogP contribution >= 0.6 is 0 Å². The third-order valence-electron chi connectivity index (χ3n) is 10.4. The zero-order valence-electron chi connectivity index (χ0n) is 30.4. The Hall–Kier alpha value is -3.54. The van der Waals surface area contributed by atoms with Crippen LogP contribution in [0.15, 0.2) is 55.6 Å². The van der Waals surface area contributed by atoms with Crippen molar-refractivity contribution in [3.63, 3.8) is 0 Å². The summed E-state index contributed by atoms with van der Waals surface area (Å²) < 4.78 is 18.5. The van der Waals surface area contributed by atoms with Gasteiger partial charge < -0.3 is 34.4 Å². The van der Waals surface area contributed by atoms with Gasteiger partial charge in [-0.1, -0.05) is 69.7 Å². The highest BCUT2D eigenvalue weighted by atomic mass is 16.6. The number of carbonyl (C=O) groups is 4. The van der Waals surface area contributed by atoms with Crippen molar-refractivity contribution in [1.82, 2.24) is 15.1 Å². The molecular formula is C39H57N3O8. The van der Waals surface area contributed by atoms with Crippen molar-refractivity contribution < 1.29 is 38.5 Å². The average Bonchev–Trinajstić information content (AvgIpc) is 3.74. The van der Waals surface area contributed by atoms with Gasteiger partial charge in [0.05, 0.1) is 43.2 Å². The third kappa shape index (κ3) is 8.00. The van der Waals surface area contributed by atoms with Gasteiger partial charge in [0, 0.05) is 26.1 Å². The maximum atomic E-state index is 14.8. The fourth-order valence-corrected chi connectivity index (χ4v) is 8.33. The standard InChI is InChI=1S/C39H57N3O8/c1-8-11-18-31(44)40-29(24-48-7)34(27-16-13-12-14-17-27)49-38(47)32-30-19-20-39(50-30)33(32)36(45)42(28(23-43)22-25(4)5)35(39)37(46)41(21-10-3)26(6)15-9-2/h8,10,12-14,16-17,25-26,28-30,32-35,43H,1,3,9,11,15,18-24H2,2,4-7H3,(H,40,44)/t26?,28-,29-,30+,32-,33-,34-,35+,39-/m1/s1. The molecule has 1 aromatic rings. The molecule has 0 saturated carbocycles. The van der Waals surface area contributed by atoms with Crippen molar-refractivity contribution in [2.45, 2.75) is 115 Å². The molecule has 0 aromatic heterocycles. The lowest BCUT2D eigenvalue weighted by molar-refractivity contribution is -0.163. The van der Waals surface area contributed by atoms with Crippen LogP contribution in [0.5, 0.6) is 0 Å².